The summed E-state index contributed by atoms with van der Waals surface area (Å²) >= 11 is 0. The maximum Gasteiger partial charge on any atom is 0.454 e. The second-order valence-corrected chi connectivity index (χ2v) is 2.98. The van der Waals surface area contributed by atoms with Crippen LogP contribution in [0.3, 0.4) is 0 Å². The monoisotopic (exact) mass is 225 g/mol. The van der Waals surface area contributed by atoms with Crippen molar-refractivity contribution in [1.82, 2.24) is 0 Å². The maximum atomic E-state index is 12.4. The maximum absolute atomic E-state index is 12.4. The lowest BCUT2D eigenvalue weighted by atomic mass is 10.1. The average molecular weight is 226 g/mol. The largest absolute Gasteiger partial charge is 0.454 e. The first-order chi connectivity index (χ1) is 5.27. The Morgan fingerprint density at radius 3 is 1.69 bits per heavy atom. The van der Waals surface area contributed by atoms with Gasteiger partial charge in [-0.05, 0) is 18.8 Å². The van der Waals surface area contributed by atoms with Crippen LogP contribution < -0.4 is 5.73 Å². The van der Waals surface area contributed by atoms with Crippen molar-refractivity contribution in [3.8, 4) is 0 Å². The van der Waals surface area contributed by atoms with Crippen molar-refractivity contribution in [2.75, 3.05) is 0 Å². The van der Waals surface area contributed by atoms with E-state index in [0.29, 0.717) is 12.8 Å². The van der Waals surface area contributed by atoms with E-state index in [1.54, 1.807) is 0 Å². The molecule has 0 saturated heterocycles. The normalized spacial score (nSPS) is 20.8. The minimum absolute atomic E-state index is 0. The first-order valence-corrected chi connectivity index (χ1v) is 3.47. The van der Waals surface area contributed by atoms with Crippen LogP contribution in [0.4, 0.5) is 22.0 Å². The Morgan fingerprint density at radius 1 is 1.08 bits per heavy atom. The molecule has 0 aromatic rings. The van der Waals surface area contributed by atoms with E-state index in [1.165, 1.54) is 0 Å². The van der Waals surface area contributed by atoms with Gasteiger partial charge in [-0.3, -0.25) is 0 Å². The van der Waals surface area contributed by atoms with E-state index >= 15 is 0 Å². The molecule has 0 heterocycles. The SMILES string of the molecule is Cl.NC(C1CC1)C(F)(F)C(F)(F)F. The fraction of sp³-hybridized carbons (Fsp3) is 1.00. The predicted octanol–water partition coefficient (Wildman–Crippen LogP) is 2.34. The molecular formula is C6H9ClF5N. The third-order valence-electron chi connectivity index (χ3n) is 1.93. The summed E-state index contributed by atoms with van der Waals surface area (Å²) in [5, 5.41) is 0. The molecule has 1 aliphatic rings. The summed E-state index contributed by atoms with van der Waals surface area (Å²) in [6.07, 6.45) is -4.78. The molecule has 1 atom stereocenters. The highest BCUT2D eigenvalue weighted by molar-refractivity contribution is 5.85. The van der Waals surface area contributed by atoms with Gasteiger partial charge in [-0.1, -0.05) is 0 Å². The van der Waals surface area contributed by atoms with Gasteiger partial charge >= 0.3 is 12.1 Å². The summed E-state index contributed by atoms with van der Waals surface area (Å²) in [5.41, 5.74) is 4.77. The van der Waals surface area contributed by atoms with E-state index in [1.807, 2.05) is 0 Å². The van der Waals surface area contributed by atoms with Crippen molar-refractivity contribution in [1.29, 1.82) is 0 Å². The highest BCUT2D eigenvalue weighted by Gasteiger charge is 2.63. The van der Waals surface area contributed by atoms with Crippen LogP contribution in [0.15, 0.2) is 0 Å². The van der Waals surface area contributed by atoms with Crippen molar-refractivity contribution in [3.05, 3.63) is 0 Å². The number of rotatable bonds is 2. The minimum atomic E-state index is -5.52. The summed E-state index contributed by atoms with van der Waals surface area (Å²) < 4.78 is 59.7. The average Bonchev–Trinajstić information content (AvgIpc) is 2.64. The van der Waals surface area contributed by atoms with Gasteiger partial charge in [-0.25, -0.2) is 0 Å². The topological polar surface area (TPSA) is 26.0 Å². The zero-order valence-corrected chi connectivity index (χ0v) is 7.26. The van der Waals surface area contributed by atoms with Crippen LogP contribution in [-0.2, 0) is 0 Å². The van der Waals surface area contributed by atoms with E-state index in [9.17, 15) is 22.0 Å². The van der Waals surface area contributed by atoms with Crippen LogP contribution in [0.5, 0.6) is 0 Å². The van der Waals surface area contributed by atoms with Gasteiger partial charge < -0.3 is 5.73 Å². The first-order valence-electron chi connectivity index (χ1n) is 3.47. The third kappa shape index (κ3) is 2.43. The quantitative estimate of drug-likeness (QED) is 0.718. The molecule has 7 heteroatoms. The van der Waals surface area contributed by atoms with Crippen molar-refractivity contribution >= 4 is 12.4 Å². The summed E-state index contributed by atoms with van der Waals surface area (Å²) in [7, 11) is 0. The number of hydrogen-bond donors (Lipinski definition) is 1. The highest BCUT2D eigenvalue weighted by atomic mass is 35.5. The molecule has 0 aliphatic heterocycles. The minimum Gasteiger partial charge on any atom is -0.322 e. The number of alkyl halides is 5. The second kappa shape index (κ2) is 3.57. The van der Waals surface area contributed by atoms with Gasteiger partial charge in [0, 0.05) is 0 Å². The first kappa shape index (κ1) is 12.9. The summed E-state index contributed by atoms with van der Waals surface area (Å²) in [5.74, 6) is -5.41. The second-order valence-electron chi connectivity index (χ2n) is 2.98. The highest BCUT2D eigenvalue weighted by Crippen LogP contribution is 2.45. The van der Waals surface area contributed by atoms with Gasteiger partial charge in [0.1, 0.15) is 0 Å². The molecule has 0 aromatic heterocycles. The molecule has 80 valence electrons. The molecule has 1 rings (SSSR count). The Kier molecular flexibility index (Phi) is 3.54. The van der Waals surface area contributed by atoms with Gasteiger partial charge in [0.2, 0.25) is 0 Å². The van der Waals surface area contributed by atoms with E-state index < -0.39 is 24.1 Å². The zero-order valence-electron chi connectivity index (χ0n) is 6.44. The molecule has 0 radical (unpaired) electrons. The van der Waals surface area contributed by atoms with Crippen LogP contribution in [0.2, 0.25) is 0 Å². The van der Waals surface area contributed by atoms with E-state index in [2.05, 4.69) is 0 Å². The molecule has 1 nitrogen and oxygen atoms in total. The standard InChI is InChI=1S/C6H8F5N.ClH/c7-5(8,6(9,10)11)4(12)3-1-2-3;/h3-4H,1-2,12H2;1H. The Balaban J connectivity index is 0.00000144. The Morgan fingerprint density at radius 2 is 1.46 bits per heavy atom. The number of nitrogens with two attached hydrogens (primary N) is 1. The van der Waals surface area contributed by atoms with Crippen LogP contribution in [0, 0.1) is 5.92 Å². The molecular weight excluding hydrogens is 217 g/mol. The van der Waals surface area contributed by atoms with Crippen LogP contribution >= 0.6 is 12.4 Å². The summed E-state index contributed by atoms with van der Waals surface area (Å²) in [6.45, 7) is 0. The lowest BCUT2D eigenvalue weighted by molar-refractivity contribution is -0.291. The Hall–Kier alpha value is -0.100. The smallest absolute Gasteiger partial charge is 0.322 e. The van der Waals surface area contributed by atoms with E-state index in [-0.39, 0.29) is 12.4 Å². The molecule has 1 aliphatic carbocycles. The van der Waals surface area contributed by atoms with Gasteiger partial charge in [0.05, 0.1) is 6.04 Å². The molecule has 0 spiro atoms. The molecule has 1 fully saturated rings. The van der Waals surface area contributed by atoms with Crippen molar-refractivity contribution < 1.29 is 22.0 Å². The van der Waals surface area contributed by atoms with Gasteiger partial charge in [-0.2, -0.15) is 22.0 Å². The molecule has 0 bridgehead atoms. The van der Waals surface area contributed by atoms with E-state index in [0.717, 1.165) is 0 Å². The van der Waals surface area contributed by atoms with Crippen LogP contribution in [0.25, 0.3) is 0 Å². The number of halogens is 6. The van der Waals surface area contributed by atoms with Crippen molar-refractivity contribution in [2.45, 2.75) is 31.0 Å². The lowest BCUT2D eigenvalue weighted by Gasteiger charge is -2.25. The number of hydrogen-bond acceptors (Lipinski definition) is 1. The fourth-order valence-corrected chi connectivity index (χ4v) is 0.940. The fourth-order valence-electron chi connectivity index (χ4n) is 0.940. The van der Waals surface area contributed by atoms with Gasteiger partial charge in [-0.15, -0.1) is 12.4 Å². The molecule has 2 N–H and O–H groups in total. The molecule has 13 heavy (non-hydrogen) atoms. The lowest BCUT2D eigenvalue weighted by Crippen LogP contribution is -2.52. The molecule has 1 unspecified atom stereocenters. The molecule has 0 amide bonds. The van der Waals surface area contributed by atoms with Crippen molar-refractivity contribution in [2.24, 2.45) is 11.7 Å². The third-order valence-corrected chi connectivity index (χ3v) is 1.93. The Labute approximate surface area is 77.9 Å². The zero-order chi connectivity index (χ0) is 9.57. The predicted molar refractivity (Wildman–Crippen MR) is 38.9 cm³/mol. The van der Waals surface area contributed by atoms with E-state index in [4.69, 9.17) is 5.73 Å². The molecule has 1 saturated carbocycles. The molecule has 0 aromatic carbocycles. The van der Waals surface area contributed by atoms with Crippen LogP contribution in [-0.4, -0.2) is 18.1 Å². The van der Waals surface area contributed by atoms with Crippen LogP contribution in [0.1, 0.15) is 12.8 Å². The van der Waals surface area contributed by atoms with Gasteiger partial charge in [0.15, 0.2) is 0 Å². The summed E-state index contributed by atoms with van der Waals surface area (Å²) in [4.78, 5) is 0. The Bertz CT molecular complexity index is 176. The van der Waals surface area contributed by atoms with Crippen molar-refractivity contribution in [3.63, 3.8) is 0 Å². The summed E-state index contributed by atoms with van der Waals surface area (Å²) in [6, 6.07) is -2.07. The van der Waals surface area contributed by atoms with Gasteiger partial charge in [0.25, 0.3) is 0 Å².